The van der Waals surface area contributed by atoms with Gasteiger partial charge in [-0.05, 0) is 17.2 Å². The lowest BCUT2D eigenvalue weighted by Gasteiger charge is -2.09. The number of amides is 1. The molecule has 15 heavy (non-hydrogen) atoms. The molecule has 0 saturated carbocycles. The van der Waals surface area contributed by atoms with E-state index in [1.165, 1.54) is 0 Å². The third kappa shape index (κ3) is 1.70. The van der Waals surface area contributed by atoms with Gasteiger partial charge in [0.15, 0.2) is 0 Å². The summed E-state index contributed by atoms with van der Waals surface area (Å²) in [5.41, 5.74) is 2.54. The highest BCUT2D eigenvalue weighted by Crippen LogP contribution is 2.28. The Morgan fingerprint density at radius 1 is 1.53 bits per heavy atom. The fourth-order valence-corrected chi connectivity index (χ4v) is 1.81. The van der Waals surface area contributed by atoms with Crippen LogP contribution in [-0.2, 0) is 22.4 Å². The van der Waals surface area contributed by atoms with E-state index in [0.29, 0.717) is 6.42 Å². The second-order valence-corrected chi connectivity index (χ2v) is 3.66. The van der Waals surface area contributed by atoms with Gasteiger partial charge in [-0.3, -0.25) is 9.59 Å². The molecule has 4 nitrogen and oxygen atoms in total. The van der Waals surface area contributed by atoms with Crippen molar-refractivity contribution in [1.29, 1.82) is 0 Å². The molecule has 1 heterocycles. The van der Waals surface area contributed by atoms with Gasteiger partial charge in [0, 0.05) is 12.7 Å². The van der Waals surface area contributed by atoms with Crippen molar-refractivity contribution in [1.82, 2.24) is 0 Å². The first-order valence-electron chi connectivity index (χ1n) is 4.68. The van der Waals surface area contributed by atoms with E-state index in [-0.39, 0.29) is 12.3 Å². The minimum absolute atomic E-state index is 0.00514. The van der Waals surface area contributed by atoms with Gasteiger partial charge in [0.1, 0.15) is 0 Å². The zero-order valence-electron chi connectivity index (χ0n) is 8.36. The largest absolute Gasteiger partial charge is 0.481 e. The molecule has 1 amide bonds. The van der Waals surface area contributed by atoms with Crippen LogP contribution in [0, 0.1) is 0 Å². The van der Waals surface area contributed by atoms with Crippen LogP contribution in [-0.4, -0.2) is 24.0 Å². The van der Waals surface area contributed by atoms with Crippen molar-refractivity contribution in [3.8, 4) is 0 Å². The molecule has 1 aliphatic heterocycles. The van der Waals surface area contributed by atoms with Gasteiger partial charge in [-0.2, -0.15) is 0 Å². The molecule has 1 aromatic rings. The highest BCUT2D eigenvalue weighted by Gasteiger charge is 2.23. The van der Waals surface area contributed by atoms with Crippen molar-refractivity contribution in [3.05, 3.63) is 29.3 Å². The van der Waals surface area contributed by atoms with Crippen LogP contribution in [0.1, 0.15) is 11.1 Å². The lowest BCUT2D eigenvalue weighted by atomic mass is 10.1. The number of carboxylic acids is 1. The van der Waals surface area contributed by atoms with Crippen LogP contribution >= 0.6 is 0 Å². The number of likely N-dealkylation sites (N-methyl/N-ethyl adjacent to an activating group) is 1. The molecule has 0 spiro atoms. The molecule has 0 atom stereocenters. The number of hydrogen-bond donors (Lipinski definition) is 1. The van der Waals surface area contributed by atoms with Gasteiger partial charge in [-0.15, -0.1) is 0 Å². The molecule has 0 bridgehead atoms. The Morgan fingerprint density at radius 2 is 2.27 bits per heavy atom. The van der Waals surface area contributed by atoms with E-state index in [2.05, 4.69) is 0 Å². The minimum Gasteiger partial charge on any atom is -0.481 e. The maximum absolute atomic E-state index is 11.4. The van der Waals surface area contributed by atoms with Crippen molar-refractivity contribution in [3.63, 3.8) is 0 Å². The van der Waals surface area contributed by atoms with E-state index < -0.39 is 5.97 Å². The van der Waals surface area contributed by atoms with Crippen LogP contribution in [0.2, 0.25) is 0 Å². The van der Waals surface area contributed by atoms with Crippen molar-refractivity contribution >= 4 is 17.6 Å². The first kappa shape index (κ1) is 9.71. The summed E-state index contributed by atoms with van der Waals surface area (Å²) in [5, 5.41) is 8.64. The molecular weight excluding hydrogens is 194 g/mol. The number of carboxylic acid groups (broad SMARTS) is 1. The number of nitrogens with zero attached hydrogens (tertiary/aromatic N) is 1. The molecule has 0 radical (unpaired) electrons. The molecular formula is C11H11NO3. The van der Waals surface area contributed by atoms with Crippen molar-refractivity contribution in [2.45, 2.75) is 12.8 Å². The zero-order valence-corrected chi connectivity index (χ0v) is 8.36. The summed E-state index contributed by atoms with van der Waals surface area (Å²) in [7, 11) is 1.73. The molecule has 0 saturated heterocycles. The Hall–Kier alpha value is -1.84. The highest BCUT2D eigenvalue weighted by molar-refractivity contribution is 6.01. The van der Waals surface area contributed by atoms with E-state index in [9.17, 15) is 9.59 Å². The number of anilines is 1. The fourth-order valence-electron chi connectivity index (χ4n) is 1.81. The topological polar surface area (TPSA) is 57.6 Å². The first-order chi connectivity index (χ1) is 7.08. The molecule has 1 aromatic carbocycles. The van der Waals surface area contributed by atoms with Crippen LogP contribution in [0.3, 0.4) is 0 Å². The summed E-state index contributed by atoms with van der Waals surface area (Å²) in [6.45, 7) is 0. The van der Waals surface area contributed by atoms with Crippen molar-refractivity contribution < 1.29 is 14.7 Å². The zero-order chi connectivity index (χ0) is 11.0. The summed E-state index contributed by atoms with van der Waals surface area (Å²) in [6, 6.07) is 5.35. The Kier molecular flexibility index (Phi) is 2.19. The van der Waals surface area contributed by atoms with Crippen LogP contribution in [0.15, 0.2) is 18.2 Å². The van der Waals surface area contributed by atoms with E-state index in [0.717, 1.165) is 16.8 Å². The summed E-state index contributed by atoms with van der Waals surface area (Å²) in [6.07, 6.45) is 0.379. The second kappa shape index (κ2) is 3.38. The average molecular weight is 205 g/mol. The Morgan fingerprint density at radius 3 is 2.93 bits per heavy atom. The van der Waals surface area contributed by atoms with Gasteiger partial charge in [0.05, 0.1) is 12.8 Å². The van der Waals surface area contributed by atoms with Gasteiger partial charge >= 0.3 is 5.97 Å². The number of carbonyl (C=O) groups is 2. The number of benzene rings is 1. The number of carbonyl (C=O) groups excluding carboxylic acids is 1. The quantitative estimate of drug-likeness (QED) is 0.778. The van der Waals surface area contributed by atoms with E-state index in [4.69, 9.17) is 5.11 Å². The summed E-state index contributed by atoms with van der Waals surface area (Å²) >= 11 is 0. The highest BCUT2D eigenvalue weighted by atomic mass is 16.4. The molecule has 1 aliphatic rings. The Bertz CT molecular complexity index is 439. The van der Waals surface area contributed by atoms with Crippen molar-refractivity contribution in [2.75, 3.05) is 11.9 Å². The summed E-state index contributed by atoms with van der Waals surface area (Å²) < 4.78 is 0. The molecule has 1 N–H and O–H groups in total. The molecule has 0 aliphatic carbocycles. The molecule has 4 heteroatoms. The number of aliphatic carboxylic acids is 1. The number of rotatable bonds is 2. The van der Waals surface area contributed by atoms with Crippen LogP contribution in [0.5, 0.6) is 0 Å². The predicted octanol–water partition coefficient (Wildman–Crippen LogP) is 0.833. The summed E-state index contributed by atoms with van der Waals surface area (Å²) in [4.78, 5) is 23.5. The van der Waals surface area contributed by atoms with Crippen LogP contribution < -0.4 is 4.90 Å². The van der Waals surface area contributed by atoms with Gasteiger partial charge in [0.25, 0.3) is 0 Å². The summed E-state index contributed by atoms with van der Waals surface area (Å²) in [5.74, 6) is -0.801. The van der Waals surface area contributed by atoms with E-state index >= 15 is 0 Å². The van der Waals surface area contributed by atoms with Crippen LogP contribution in [0.4, 0.5) is 5.69 Å². The molecule has 0 unspecified atom stereocenters. The van der Waals surface area contributed by atoms with E-state index in [1.807, 2.05) is 0 Å². The van der Waals surface area contributed by atoms with Gasteiger partial charge in [0.2, 0.25) is 5.91 Å². The number of hydrogen-bond acceptors (Lipinski definition) is 2. The monoisotopic (exact) mass is 205 g/mol. The molecule has 78 valence electrons. The van der Waals surface area contributed by atoms with Gasteiger partial charge in [-0.25, -0.2) is 0 Å². The standard InChI is InChI=1S/C11H11NO3/c1-12-9-3-2-7(5-11(14)15)4-8(9)6-10(12)13/h2-4H,5-6H2,1H3,(H,14,15). The smallest absolute Gasteiger partial charge is 0.307 e. The second-order valence-electron chi connectivity index (χ2n) is 3.66. The Labute approximate surface area is 87.1 Å². The van der Waals surface area contributed by atoms with Gasteiger partial charge < -0.3 is 10.0 Å². The SMILES string of the molecule is CN1C(=O)Cc2cc(CC(=O)O)ccc21. The third-order valence-electron chi connectivity index (χ3n) is 2.58. The maximum atomic E-state index is 11.4. The van der Waals surface area contributed by atoms with Crippen molar-refractivity contribution in [2.24, 2.45) is 0 Å². The fraction of sp³-hybridized carbons (Fsp3) is 0.273. The molecule has 0 aromatic heterocycles. The molecule has 2 rings (SSSR count). The normalized spacial score (nSPS) is 14.2. The van der Waals surface area contributed by atoms with E-state index in [1.54, 1.807) is 30.1 Å². The predicted molar refractivity (Wildman–Crippen MR) is 54.9 cm³/mol. The Balaban J connectivity index is 2.33. The average Bonchev–Trinajstić information content (AvgIpc) is 2.41. The lowest BCUT2D eigenvalue weighted by molar-refractivity contribution is -0.136. The first-order valence-corrected chi connectivity index (χ1v) is 4.68. The molecule has 0 fully saturated rings. The van der Waals surface area contributed by atoms with Gasteiger partial charge in [-0.1, -0.05) is 12.1 Å². The van der Waals surface area contributed by atoms with Crippen LogP contribution in [0.25, 0.3) is 0 Å². The third-order valence-corrected chi connectivity index (χ3v) is 2.58. The maximum Gasteiger partial charge on any atom is 0.307 e. The number of fused-ring (bicyclic) bond motifs is 1. The minimum atomic E-state index is -0.854. The lowest BCUT2D eigenvalue weighted by Crippen LogP contribution is -2.20.